The molecule has 0 atom stereocenters. The first-order valence-electron chi connectivity index (χ1n) is 5.36. The van der Waals surface area contributed by atoms with Gasteiger partial charge in [-0.25, -0.2) is 8.42 Å². The highest BCUT2D eigenvalue weighted by Gasteiger charge is 2.29. The highest BCUT2D eigenvalue weighted by molar-refractivity contribution is 7.89. The van der Waals surface area contributed by atoms with Crippen LogP contribution in [0, 0.1) is 6.92 Å². The lowest BCUT2D eigenvalue weighted by Gasteiger charge is -2.27. The highest BCUT2D eigenvalue weighted by atomic mass is 35.5. The van der Waals surface area contributed by atoms with E-state index in [4.69, 9.17) is 16.3 Å². The summed E-state index contributed by atoms with van der Waals surface area (Å²) in [6, 6.07) is 5.09. The molecule has 1 aromatic carbocycles. The number of hydrogen-bond acceptors (Lipinski definition) is 3. The van der Waals surface area contributed by atoms with Gasteiger partial charge >= 0.3 is 0 Å². The Bertz CT molecular complexity index is 489. The third-order valence-electron chi connectivity index (χ3n) is 2.73. The number of ether oxygens (including phenoxy) is 1. The van der Waals surface area contributed by atoms with E-state index in [0.29, 0.717) is 31.9 Å². The highest BCUT2D eigenvalue weighted by Crippen LogP contribution is 2.28. The summed E-state index contributed by atoms with van der Waals surface area (Å²) in [5.74, 6) is 0. The average Bonchev–Trinajstić information content (AvgIpc) is 2.29. The molecular weight excluding hydrogens is 262 g/mol. The Hall–Kier alpha value is -0.620. The molecule has 2 rings (SSSR count). The van der Waals surface area contributed by atoms with Crippen molar-refractivity contribution in [3.63, 3.8) is 0 Å². The van der Waals surface area contributed by atoms with Crippen LogP contribution in [0.15, 0.2) is 23.1 Å². The quantitative estimate of drug-likeness (QED) is 0.825. The topological polar surface area (TPSA) is 46.6 Å². The molecule has 0 aromatic heterocycles. The molecule has 0 bridgehead atoms. The first-order valence-corrected chi connectivity index (χ1v) is 7.18. The summed E-state index contributed by atoms with van der Waals surface area (Å²) in [6.07, 6.45) is 0. The Kier molecular flexibility index (Phi) is 3.73. The van der Waals surface area contributed by atoms with Gasteiger partial charge in [0.1, 0.15) is 4.90 Å². The van der Waals surface area contributed by atoms with Gasteiger partial charge in [-0.15, -0.1) is 0 Å². The maximum Gasteiger partial charge on any atom is 0.244 e. The monoisotopic (exact) mass is 275 g/mol. The molecule has 1 fully saturated rings. The van der Waals surface area contributed by atoms with E-state index in [0.717, 1.165) is 0 Å². The van der Waals surface area contributed by atoms with Crippen LogP contribution in [-0.4, -0.2) is 39.0 Å². The second-order valence-electron chi connectivity index (χ2n) is 3.90. The van der Waals surface area contributed by atoms with Gasteiger partial charge in [-0.3, -0.25) is 0 Å². The van der Waals surface area contributed by atoms with Crippen LogP contribution in [0.1, 0.15) is 5.56 Å². The number of aryl methyl sites for hydroxylation is 1. The van der Waals surface area contributed by atoms with E-state index in [9.17, 15) is 8.42 Å². The van der Waals surface area contributed by atoms with Crippen LogP contribution in [0.25, 0.3) is 0 Å². The number of nitrogens with zero attached hydrogens (tertiary/aromatic N) is 1. The Labute approximate surface area is 106 Å². The summed E-state index contributed by atoms with van der Waals surface area (Å²) >= 11 is 6.00. The SMILES string of the molecule is Cc1cccc(Cl)c1S(=O)(=O)N1CCOCC1. The number of sulfonamides is 1. The molecular formula is C11H14ClNO3S. The second kappa shape index (κ2) is 4.94. The van der Waals surface area contributed by atoms with Crippen molar-refractivity contribution in [2.75, 3.05) is 26.3 Å². The third-order valence-corrected chi connectivity index (χ3v) is 5.26. The summed E-state index contributed by atoms with van der Waals surface area (Å²) in [7, 11) is -3.50. The fraction of sp³-hybridized carbons (Fsp3) is 0.455. The first kappa shape index (κ1) is 12.8. The molecule has 6 heteroatoms. The number of halogens is 1. The molecule has 1 aromatic rings. The van der Waals surface area contributed by atoms with E-state index < -0.39 is 10.0 Å². The summed E-state index contributed by atoms with van der Waals surface area (Å²) < 4.78 is 31.4. The second-order valence-corrected chi connectivity index (χ2v) is 6.18. The van der Waals surface area contributed by atoms with Crippen molar-refractivity contribution in [2.24, 2.45) is 0 Å². The van der Waals surface area contributed by atoms with Crippen molar-refractivity contribution in [3.05, 3.63) is 28.8 Å². The zero-order valence-electron chi connectivity index (χ0n) is 9.52. The molecule has 0 radical (unpaired) electrons. The molecule has 0 aliphatic carbocycles. The molecule has 0 saturated carbocycles. The third kappa shape index (κ3) is 2.47. The molecule has 0 unspecified atom stereocenters. The van der Waals surface area contributed by atoms with E-state index in [-0.39, 0.29) is 9.92 Å². The van der Waals surface area contributed by atoms with Gasteiger partial charge in [-0.2, -0.15) is 4.31 Å². The average molecular weight is 276 g/mol. The van der Waals surface area contributed by atoms with Gasteiger partial charge < -0.3 is 4.74 Å². The van der Waals surface area contributed by atoms with E-state index in [1.807, 2.05) is 0 Å². The Morgan fingerprint density at radius 1 is 1.29 bits per heavy atom. The van der Waals surface area contributed by atoms with Crippen LogP contribution in [0.2, 0.25) is 5.02 Å². The lowest BCUT2D eigenvalue weighted by molar-refractivity contribution is 0.0730. The lowest BCUT2D eigenvalue weighted by atomic mass is 10.2. The number of morpholine rings is 1. The predicted molar refractivity (Wildman–Crippen MR) is 65.8 cm³/mol. The van der Waals surface area contributed by atoms with Crippen LogP contribution in [-0.2, 0) is 14.8 Å². The van der Waals surface area contributed by atoms with Crippen molar-refractivity contribution in [1.82, 2.24) is 4.31 Å². The molecule has 4 nitrogen and oxygen atoms in total. The van der Waals surface area contributed by atoms with Crippen molar-refractivity contribution in [1.29, 1.82) is 0 Å². The lowest BCUT2D eigenvalue weighted by Crippen LogP contribution is -2.40. The fourth-order valence-corrected chi connectivity index (χ4v) is 4.05. The smallest absolute Gasteiger partial charge is 0.244 e. The minimum Gasteiger partial charge on any atom is -0.379 e. The van der Waals surface area contributed by atoms with Gasteiger partial charge in [-0.05, 0) is 18.6 Å². The molecule has 1 heterocycles. The van der Waals surface area contributed by atoms with E-state index in [1.165, 1.54) is 4.31 Å². The van der Waals surface area contributed by atoms with Gasteiger partial charge in [0.05, 0.1) is 18.2 Å². The predicted octanol–water partition coefficient (Wildman–Crippen LogP) is 1.67. The molecule has 1 aliphatic heterocycles. The molecule has 94 valence electrons. The van der Waals surface area contributed by atoms with Crippen molar-refractivity contribution < 1.29 is 13.2 Å². The van der Waals surface area contributed by atoms with Gasteiger partial charge in [-0.1, -0.05) is 23.7 Å². The van der Waals surface area contributed by atoms with Crippen LogP contribution in [0.5, 0.6) is 0 Å². The fourth-order valence-electron chi connectivity index (χ4n) is 1.86. The minimum absolute atomic E-state index is 0.212. The maximum absolute atomic E-state index is 12.4. The number of rotatable bonds is 2. The molecule has 17 heavy (non-hydrogen) atoms. The maximum atomic E-state index is 12.4. The van der Waals surface area contributed by atoms with Crippen molar-refractivity contribution in [2.45, 2.75) is 11.8 Å². The van der Waals surface area contributed by atoms with Crippen LogP contribution in [0.3, 0.4) is 0 Å². The van der Waals surface area contributed by atoms with E-state index in [2.05, 4.69) is 0 Å². The summed E-state index contributed by atoms with van der Waals surface area (Å²) in [4.78, 5) is 0.212. The molecule has 0 amide bonds. The summed E-state index contributed by atoms with van der Waals surface area (Å²) in [5, 5.41) is 0.275. The molecule has 1 saturated heterocycles. The molecule has 0 spiro atoms. The van der Waals surface area contributed by atoms with Crippen molar-refractivity contribution in [3.8, 4) is 0 Å². The van der Waals surface area contributed by atoms with Crippen molar-refractivity contribution >= 4 is 21.6 Å². The Morgan fingerprint density at radius 3 is 2.53 bits per heavy atom. The Morgan fingerprint density at radius 2 is 1.94 bits per heavy atom. The van der Waals surface area contributed by atoms with Gasteiger partial charge in [0.15, 0.2) is 0 Å². The number of benzene rings is 1. The Balaban J connectivity index is 2.44. The van der Waals surface area contributed by atoms with E-state index >= 15 is 0 Å². The van der Waals surface area contributed by atoms with Gasteiger partial charge in [0, 0.05) is 13.1 Å². The van der Waals surface area contributed by atoms with Gasteiger partial charge in [0.25, 0.3) is 0 Å². The zero-order valence-corrected chi connectivity index (χ0v) is 11.1. The molecule has 1 aliphatic rings. The first-order chi connectivity index (χ1) is 8.03. The standard InChI is InChI=1S/C11H14ClNO3S/c1-9-3-2-4-10(12)11(9)17(14,15)13-5-7-16-8-6-13/h2-4H,5-8H2,1H3. The zero-order chi connectivity index (χ0) is 12.5. The van der Waals surface area contributed by atoms with E-state index in [1.54, 1.807) is 25.1 Å². The minimum atomic E-state index is -3.50. The summed E-state index contributed by atoms with van der Waals surface area (Å²) in [5.41, 5.74) is 0.670. The van der Waals surface area contributed by atoms with Gasteiger partial charge in [0.2, 0.25) is 10.0 Å². The van der Waals surface area contributed by atoms with Crippen LogP contribution < -0.4 is 0 Å². The van der Waals surface area contributed by atoms with Crippen LogP contribution >= 0.6 is 11.6 Å². The summed E-state index contributed by atoms with van der Waals surface area (Å²) in [6.45, 7) is 3.38. The largest absolute Gasteiger partial charge is 0.379 e. The number of hydrogen-bond donors (Lipinski definition) is 0. The molecule has 0 N–H and O–H groups in total. The normalized spacial score (nSPS) is 18.2. The van der Waals surface area contributed by atoms with Crippen LogP contribution in [0.4, 0.5) is 0 Å².